The van der Waals surface area contributed by atoms with Crippen LogP contribution < -0.4 is 5.73 Å². The molecule has 0 aliphatic heterocycles. The lowest BCUT2D eigenvalue weighted by Gasteiger charge is -2.15. The van der Waals surface area contributed by atoms with E-state index < -0.39 is 5.41 Å². The molecule has 1 aromatic heterocycles. The van der Waals surface area contributed by atoms with E-state index in [0.717, 1.165) is 10.2 Å². The predicted octanol–water partition coefficient (Wildman–Crippen LogP) is 1.85. The molecule has 1 heterocycles. The van der Waals surface area contributed by atoms with Gasteiger partial charge in [0.25, 0.3) is 5.91 Å². The third-order valence-electron chi connectivity index (χ3n) is 3.68. The molecule has 1 aliphatic rings. The fourth-order valence-electron chi connectivity index (χ4n) is 2.33. The summed E-state index contributed by atoms with van der Waals surface area (Å²) >= 11 is 0. The van der Waals surface area contributed by atoms with Crippen LogP contribution in [0.2, 0.25) is 0 Å². The molecule has 1 saturated carbocycles. The van der Waals surface area contributed by atoms with Crippen LogP contribution in [0, 0.1) is 17.1 Å². The molecule has 0 atom stereocenters. The highest BCUT2D eigenvalue weighted by molar-refractivity contribution is 5.94. The van der Waals surface area contributed by atoms with E-state index in [9.17, 15) is 9.18 Å². The van der Waals surface area contributed by atoms with E-state index in [1.165, 1.54) is 18.3 Å². The van der Waals surface area contributed by atoms with Gasteiger partial charge in [0.2, 0.25) is 0 Å². The largest absolute Gasteiger partial charge is 0.382 e. The van der Waals surface area contributed by atoms with Crippen LogP contribution in [0.4, 0.5) is 10.2 Å². The number of nitrogens with two attached hydrogens (primary N) is 1. The summed E-state index contributed by atoms with van der Waals surface area (Å²) in [5, 5.41) is 12.7. The molecule has 0 radical (unpaired) electrons. The Morgan fingerprint density at radius 2 is 2.05 bits per heavy atom. The standard InChI is InChI=1S/C14H11FN4O/c15-11-3-1-10(2-4-11)14(5-6-14)13(20)19-12(17)9(7-16)8-18-19/h1-4,8H,5-6,17H2. The van der Waals surface area contributed by atoms with Gasteiger partial charge in [0.15, 0.2) is 0 Å². The molecule has 0 saturated heterocycles. The van der Waals surface area contributed by atoms with Crippen LogP contribution >= 0.6 is 0 Å². The fraction of sp³-hybridized carbons (Fsp3) is 0.214. The summed E-state index contributed by atoms with van der Waals surface area (Å²) in [6.45, 7) is 0. The maximum Gasteiger partial charge on any atom is 0.259 e. The topological polar surface area (TPSA) is 84.7 Å². The lowest BCUT2D eigenvalue weighted by Crippen LogP contribution is -2.28. The summed E-state index contributed by atoms with van der Waals surface area (Å²) in [7, 11) is 0. The van der Waals surface area contributed by atoms with Crippen molar-refractivity contribution in [3.8, 4) is 6.07 Å². The van der Waals surface area contributed by atoms with E-state index in [4.69, 9.17) is 11.0 Å². The van der Waals surface area contributed by atoms with Gasteiger partial charge in [0, 0.05) is 0 Å². The average Bonchev–Trinajstić information content (AvgIpc) is 3.17. The zero-order chi connectivity index (χ0) is 14.3. The zero-order valence-corrected chi connectivity index (χ0v) is 10.5. The van der Waals surface area contributed by atoms with Gasteiger partial charge in [-0.25, -0.2) is 4.39 Å². The van der Waals surface area contributed by atoms with Crippen LogP contribution in [0.3, 0.4) is 0 Å². The second kappa shape index (κ2) is 4.17. The first-order chi connectivity index (χ1) is 9.58. The number of nitriles is 1. The summed E-state index contributed by atoms with van der Waals surface area (Å²) in [5.74, 6) is -0.573. The van der Waals surface area contributed by atoms with Crippen LogP contribution in [0.5, 0.6) is 0 Å². The molecule has 100 valence electrons. The summed E-state index contributed by atoms with van der Waals surface area (Å²) in [6, 6.07) is 7.74. The number of aromatic nitrogens is 2. The number of halogens is 1. The Hall–Kier alpha value is -2.68. The van der Waals surface area contributed by atoms with Crippen LogP contribution in [-0.2, 0) is 5.41 Å². The third kappa shape index (κ3) is 1.67. The lowest BCUT2D eigenvalue weighted by molar-refractivity contribution is 0.0849. The summed E-state index contributed by atoms with van der Waals surface area (Å²) in [4.78, 5) is 12.6. The Morgan fingerprint density at radius 1 is 1.40 bits per heavy atom. The first-order valence-electron chi connectivity index (χ1n) is 6.13. The zero-order valence-electron chi connectivity index (χ0n) is 10.5. The first-order valence-corrected chi connectivity index (χ1v) is 6.13. The maximum atomic E-state index is 13.0. The van der Waals surface area contributed by atoms with Crippen molar-refractivity contribution in [1.82, 2.24) is 9.78 Å². The van der Waals surface area contributed by atoms with E-state index in [2.05, 4.69) is 5.10 Å². The molecule has 5 nitrogen and oxygen atoms in total. The monoisotopic (exact) mass is 270 g/mol. The molecular weight excluding hydrogens is 259 g/mol. The van der Waals surface area contributed by atoms with Gasteiger partial charge in [-0.3, -0.25) is 4.79 Å². The predicted molar refractivity (Wildman–Crippen MR) is 69.3 cm³/mol. The molecule has 20 heavy (non-hydrogen) atoms. The van der Waals surface area contributed by atoms with Crippen molar-refractivity contribution in [2.75, 3.05) is 5.73 Å². The van der Waals surface area contributed by atoms with Gasteiger partial charge in [-0.2, -0.15) is 15.0 Å². The number of carbonyl (C=O) groups is 1. The Bertz CT molecular complexity index is 723. The number of benzene rings is 1. The highest BCUT2D eigenvalue weighted by Crippen LogP contribution is 2.49. The van der Waals surface area contributed by atoms with Gasteiger partial charge in [-0.05, 0) is 30.5 Å². The third-order valence-corrected chi connectivity index (χ3v) is 3.68. The van der Waals surface area contributed by atoms with Gasteiger partial charge < -0.3 is 5.73 Å². The summed E-state index contributed by atoms with van der Waals surface area (Å²) in [5.41, 5.74) is 5.97. The summed E-state index contributed by atoms with van der Waals surface area (Å²) in [6.07, 6.45) is 2.60. The van der Waals surface area contributed by atoms with Crippen molar-refractivity contribution in [2.45, 2.75) is 18.3 Å². The van der Waals surface area contributed by atoms with E-state index in [1.807, 2.05) is 6.07 Å². The van der Waals surface area contributed by atoms with Gasteiger partial charge in [-0.1, -0.05) is 12.1 Å². The SMILES string of the molecule is N#Cc1cnn(C(=O)C2(c3ccc(F)cc3)CC2)c1N. The van der Waals surface area contributed by atoms with Crippen molar-refractivity contribution in [2.24, 2.45) is 0 Å². The molecule has 1 aliphatic carbocycles. The number of nitrogens with zero attached hydrogens (tertiary/aromatic N) is 3. The minimum atomic E-state index is -0.694. The van der Waals surface area contributed by atoms with Crippen LogP contribution in [-0.4, -0.2) is 15.7 Å². The van der Waals surface area contributed by atoms with Crippen LogP contribution in [0.15, 0.2) is 30.5 Å². The highest BCUT2D eigenvalue weighted by atomic mass is 19.1. The summed E-state index contributed by atoms with van der Waals surface area (Å²) < 4.78 is 14.0. The van der Waals surface area contributed by atoms with Crippen molar-refractivity contribution in [1.29, 1.82) is 5.26 Å². The minimum Gasteiger partial charge on any atom is -0.382 e. The van der Waals surface area contributed by atoms with Gasteiger partial charge >= 0.3 is 0 Å². The Labute approximate surface area is 114 Å². The van der Waals surface area contributed by atoms with Crippen molar-refractivity contribution < 1.29 is 9.18 Å². The maximum absolute atomic E-state index is 13.0. The van der Waals surface area contributed by atoms with E-state index in [0.29, 0.717) is 12.8 Å². The normalized spacial score (nSPS) is 15.6. The number of rotatable bonds is 2. The Kier molecular flexibility index (Phi) is 2.57. The van der Waals surface area contributed by atoms with Crippen molar-refractivity contribution >= 4 is 11.7 Å². The molecule has 0 amide bonds. The first kappa shape index (κ1) is 12.4. The van der Waals surface area contributed by atoms with Crippen LogP contribution in [0.1, 0.15) is 28.8 Å². The van der Waals surface area contributed by atoms with E-state index in [-0.39, 0.29) is 23.1 Å². The van der Waals surface area contributed by atoms with Crippen molar-refractivity contribution in [3.05, 3.63) is 47.4 Å². The molecule has 1 fully saturated rings. The smallest absolute Gasteiger partial charge is 0.259 e. The number of hydrogen-bond acceptors (Lipinski definition) is 4. The number of carbonyl (C=O) groups excluding carboxylic acids is 1. The molecule has 0 spiro atoms. The molecule has 3 rings (SSSR count). The second-order valence-electron chi connectivity index (χ2n) is 4.86. The Morgan fingerprint density at radius 3 is 2.55 bits per heavy atom. The van der Waals surface area contributed by atoms with E-state index >= 15 is 0 Å². The van der Waals surface area contributed by atoms with Gasteiger partial charge in [-0.15, -0.1) is 0 Å². The number of nitrogen functional groups attached to an aromatic ring is 1. The molecule has 2 aromatic rings. The van der Waals surface area contributed by atoms with E-state index in [1.54, 1.807) is 12.1 Å². The number of hydrogen-bond donors (Lipinski definition) is 1. The Balaban J connectivity index is 2.00. The lowest BCUT2D eigenvalue weighted by atomic mass is 9.95. The van der Waals surface area contributed by atoms with Gasteiger partial charge in [0.05, 0.1) is 11.6 Å². The molecular formula is C14H11FN4O. The fourth-order valence-corrected chi connectivity index (χ4v) is 2.33. The quantitative estimate of drug-likeness (QED) is 0.902. The highest BCUT2D eigenvalue weighted by Gasteiger charge is 2.52. The van der Waals surface area contributed by atoms with Crippen LogP contribution in [0.25, 0.3) is 0 Å². The van der Waals surface area contributed by atoms with Crippen molar-refractivity contribution in [3.63, 3.8) is 0 Å². The molecule has 0 unspecified atom stereocenters. The molecule has 2 N–H and O–H groups in total. The van der Waals surface area contributed by atoms with Gasteiger partial charge in [0.1, 0.15) is 23.3 Å². The minimum absolute atomic E-state index is 0.0471. The molecule has 6 heteroatoms. The average molecular weight is 270 g/mol. The number of anilines is 1. The second-order valence-corrected chi connectivity index (χ2v) is 4.86. The molecule has 1 aromatic carbocycles. The molecule has 0 bridgehead atoms.